The summed E-state index contributed by atoms with van der Waals surface area (Å²) in [5.41, 5.74) is 1.70. The molecule has 0 amide bonds. The highest BCUT2D eigenvalue weighted by atomic mass is 32.2. The molecule has 0 aliphatic carbocycles. The summed E-state index contributed by atoms with van der Waals surface area (Å²) in [7, 11) is 1.60. The number of rotatable bonds is 5. The Kier molecular flexibility index (Phi) is 4.40. The smallest absolute Gasteiger partial charge is 0.319 e. The number of thioether (sulfide) groups is 1. The molecule has 0 radical (unpaired) electrons. The number of nitrogens with zero attached hydrogens (tertiary/aromatic N) is 1. The predicted molar refractivity (Wildman–Crippen MR) is 68.5 cm³/mol. The van der Waals surface area contributed by atoms with Crippen molar-refractivity contribution in [3.05, 3.63) is 23.5 Å². The van der Waals surface area contributed by atoms with Gasteiger partial charge in [-0.15, -0.1) is 11.8 Å². The van der Waals surface area contributed by atoms with Crippen LogP contribution in [0.15, 0.2) is 12.1 Å². The van der Waals surface area contributed by atoms with E-state index in [1.54, 1.807) is 21.0 Å². The lowest BCUT2D eigenvalue weighted by Crippen LogP contribution is -2.27. The molecule has 0 saturated carbocycles. The number of carboxylic acid groups (broad SMARTS) is 1. The summed E-state index contributed by atoms with van der Waals surface area (Å²) in [5.74, 6) is 0.487. The standard InChI is InChI=1S/C12H17NO3S/c1-8-5-10(16-4)6-9(13-8)7-17-12(2,3)11(14)15/h5-6H,7H2,1-4H3,(H,14,15). The Morgan fingerprint density at radius 1 is 1.53 bits per heavy atom. The van der Waals surface area contributed by atoms with Crippen LogP contribution < -0.4 is 4.74 Å². The predicted octanol–water partition coefficient (Wildman–Crippen LogP) is 2.50. The Morgan fingerprint density at radius 3 is 2.71 bits per heavy atom. The van der Waals surface area contributed by atoms with Crippen molar-refractivity contribution >= 4 is 17.7 Å². The van der Waals surface area contributed by atoms with Crippen LogP contribution in [0.4, 0.5) is 0 Å². The van der Waals surface area contributed by atoms with Crippen molar-refractivity contribution in [2.24, 2.45) is 0 Å². The first-order valence-corrected chi connectivity index (χ1v) is 6.22. The molecule has 94 valence electrons. The first-order valence-electron chi connectivity index (χ1n) is 5.24. The van der Waals surface area contributed by atoms with E-state index in [1.807, 2.05) is 19.1 Å². The summed E-state index contributed by atoms with van der Waals surface area (Å²) in [6.45, 7) is 5.26. The number of carboxylic acids is 1. The van der Waals surface area contributed by atoms with Gasteiger partial charge in [-0.2, -0.15) is 0 Å². The van der Waals surface area contributed by atoms with Crippen molar-refractivity contribution in [3.63, 3.8) is 0 Å². The highest BCUT2D eigenvalue weighted by molar-refractivity contribution is 8.00. The Morgan fingerprint density at radius 2 is 2.18 bits per heavy atom. The molecule has 4 nitrogen and oxygen atoms in total. The van der Waals surface area contributed by atoms with Gasteiger partial charge in [0.15, 0.2) is 0 Å². The first-order chi connectivity index (χ1) is 7.85. The Hall–Kier alpha value is -1.23. The molecule has 1 rings (SSSR count). The minimum atomic E-state index is -0.817. The molecule has 0 unspecified atom stereocenters. The number of aliphatic carboxylic acids is 1. The van der Waals surface area contributed by atoms with Gasteiger partial charge in [0.05, 0.1) is 12.8 Å². The van der Waals surface area contributed by atoms with E-state index in [1.165, 1.54) is 11.8 Å². The van der Waals surface area contributed by atoms with Crippen LogP contribution in [0.5, 0.6) is 5.75 Å². The van der Waals surface area contributed by atoms with Crippen LogP contribution in [-0.2, 0) is 10.5 Å². The number of methoxy groups -OCH3 is 1. The maximum absolute atomic E-state index is 11.0. The highest BCUT2D eigenvalue weighted by Crippen LogP contribution is 2.28. The Bertz CT molecular complexity index is 418. The monoisotopic (exact) mass is 255 g/mol. The van der Waals surface area contributed by atoms with Gasteiger partial charge in [0.25, 0.3) is 0 Å². The average molecular weight is 255 g/mol. The second-order valence-electron chi connectivity index (χ2n) is 4.24. The van der Waals surface area contributed by atoms with Gasteiger partial charge < -0.3 is 9.84 Å². The molecule has 0 spiro atoms. The summed E-state index contributed by atoms with van der Waals surface area (Å²) in [6.07, 6.45) is 0. The van der Waals surface area contributed by atoms with Crippen molar-refractivity contribution < 1.29 is 14.6 Å². The molecule has 17 heavy (non-hydrogen) atoms. The SMILES string of the molecule is COc1cc(C)nc(CSC(C)(C)C(=O)O)c1. The minimum Gasteiger partial charge on any atom is -0.497 e. The molecule has 0 aliphatic rings. The largest absolute Gasteiger partial charge is 0.497 e. The highest BCUT2D eigenvalue weighted by Gasteiger charge is 2.27. The quantitative estimate of drug-likeness (QED) is 0.876. The summed E-state index contributed by atoms with van der Waals surface area (Å²) >= 11 is 1.35. The topological polar surface area (TPSA) is 59.4 Å². The van der Waals surface area contributed by atoms with Gasteiger partial charge in [0.1, 0.15) is 10.5 Å². The zero-order valence-electron chi connectivity index (χ0n) is 10.5. The lowest BCUT2D eigenvalue weighted by molar-refractivity contribution is -0.138. The van der Waals surface area contributed by atoms with Crippen LogP contribution >= 0.6 is 11.8 Å². The molecule has 0 saturated heterocycles. The summed E-state index contributed by atoms with van der Waals surface area (Å²) in [6, 6.07) is 3.68. The Labute approximate surface area is 105 Å². The van der Waals surface area contributed by atoms with Gasteiger partial charge >= 0.3 is 5.97 Å². The van der Waals surface area contributed by atoms with Gasteiger partial charge in [0.2, 0.25) is 0 Å². The van der Waals surface area contributed by atoms with Crippen LogP contribution in [0.3, 0.4) is 0 Å². The molecular formula is C12H17NO3S. The van der Waals surface area contributed by atoms with E-state index in [9.17, 15) is 4.79 Å². The number of hydrogen-bond acceptors (Lipinski definition) is 4. The fourth-order valence-corrected chi connectivity index (χ4v) is 1.99. The van der Waals surface area contributed by atoms with Crippen LogP contribution in [0.25, 0.3) is 0 Å². The molecule has 1 heterocycles. The zero-order valence-corrected chi connectivity index (χ0v) is 11.3. The molecule has 5 heteroatoms. The van der Waals surface area contributed by atoms with E-state index < -0.39 is 10.7 Å². The van der Waals surface area contributed by atoms with Crippen molar-refractivity contribution in [2.75, 3.05) is 7.11 Å². The van der Waals surface area contributed by atoms with Crippen molar-refractivity contribution in [3.8, 4) is 5.75 Å². The summed E-state index contributed by atoms with van der Waals surface area (Å²) < 4.78 is 4.34. The first kappa shape index (κ1) is 13.8. The third-order valence-corrected chi connectivity index (χ3v) is 3.65. The number of ether oxygens (including phenoxy) is 1. The molecule has 1 N–H and O–H groups in total. The van der Waals surface area contributed by atoms with Gasteiger partial charge in [0, 0.05) is 23.6 Å². The second kappa shape index (κ2) is 5.40. The van der Waals surface area contributed by atoms with E-state index in [4.69, 9.17) is 9.84 Å². The van der Waals surface area contributed by atoms with Crippen LogP contribution in [0.2, 0.25) is 0 Å². The molecule has 1 aromatic rings. The normalized spacial score (nSPS) is 11.3. The fraction of sp³-hybridized carbons (Fsp3) is 0.500. The van der Waals surface area contributed by atoms with E-state index >= 15 is 0 Å². The number of aromatic nitrogens is 1. The number of pyridine rings is 1. The van der Waals surface area contributed by atoms with Gasteiger partial charge in [-0.1, -0.05) is 0 Å². The molecular weight excluding hydrogens is 238 g/mol. The number of carbonyl (C=O) groups is 1. The number of hydrogen-bond donors (Lipinski definition) is 1. The molecule has 0 bridgehead atoms. The van der Waals surface area contributed by atoms with Gasteiger partial charge in [-0.3, -0.25) is 9.78 Å². The lowest BCUT2D eigenvalue weighted by atomic mass is 10.2. The number of aryl methyl sites for hydroxylation is 1. The van der Waals surface area contributed by atoms with Crippen LogP contribution in [0.1, 0.15) is 25.2 Å². The van der Waals surface area contributed by atoms with Crippen molar-refractivity contribution in [1.29, 1.82) is 0 Å². The van der Waals surface area contributed by atoms with Crippen LogP contribution in [-0.4, -0.2) is 27.9 Å². The molecule has 0 aromatic carbocycles. The van der Waals surface area contributed by atoms with E-state index in [0.29, 0.717) is 5.75 Å². The summed E-state index contributed by atoms with van der Waals surface area (Å²) in [4.78, 5) is 15.3. The Balaban J connectivity index is 2.76. The van der Waals surface area contributed by atoms with Crippen molar-refractivity contribution in [2.45, 2.75) is 31.3 Å². The molecule has 0 atom stereocenters. The third kappa shape index (κ3) is 3.93. The molecule has 0 fully saturated rings. The third-order valence-electron chi connectivity index (χ3n) is 2.31. The van der Waals surface area contributed by atoms with Gasteiger partial charge in [-0.05, 0) is 20.8 Å². The minimum absolute atomic E-state index is 0.553. The maximum atomic E-state index is 11.0. The fourth-order valence-electron chi connectivity index (χ4n) is 1.21. The van der Waals surface area contributed by atoms with Gasteiger partial charge in [-0.25, -0.2) is 0 Å². The van der Waals surface area contributed by atoms with E-state index in [0.717, 1.165) is 17.1 Å². The zero-order chi connectivity index (χ0) is 13.1. The molecule has 0 aliphatic heterocycles. The lowest BCUT2D eigenvalue weighted by Gasteiger charge is -2.18. The van der Waals surface area contributed by atoms with E-state index in [-0.39, 0.29) is 0 Å². The molecule has 1 aromatic heterocycles. The van der Waals surface area contributed by atoms with Crippen LogP contribution in [0, 0.1) is 6.92 Å². The summed E-state index contributed by atoms with van der Waals surface area (Å²) in [5, 5.41) is 9.01. The maximum Gasteiger partial charge on any atom is 0.319 e. The van der Waals surface area contributed by atoms with Crippen molar-refractivity contribution in [1.82, 2.24) is 4.98 Å². The second-order valence-corrected chi connectivity index (χ2v) is 5.84. The average Bonchev–Trinajstić information content (AvgIpc) is 2.25. The van der Waals surface area contributed by atoms with E-state index in [2.05, 4.69) is 4.98 Å².